The van der Waals surface area contributed by atoms with E-state index < -0.39 is 0 Å². The van der Waals surface area contributed by atoms with Crippen LogP contribution in [-0.4, -0.2) is 51.9 Å². The number of likely N-dealkylation sites (N-methyl/N-ethyl adjacent to an activating group) is 1. The van der Waals surface area contributed by atoms with Gasteiger partial charge in [0.2, 0.25) is 0 Å². The van der Waals surface area contributed by atoms with Crippen LogP contribution in [-0.2, 0) is 4.74 Å². The lowest BCUT2D eigenvalue weighted by Crippen LogP contribution is -2.33. The van der Waals surface area contributed by atoms with Crippen LogP contribution in [0.15, 0.2) is 18.2 Å². The average molecular weight is 292 g/mol. The molecule has 0 saturated carbocycles. The maximum Gasteiger partial charge on any atom is 0.126 e. The van der Waals surface area contributed by atoms with Crippen LogP contribution in [0.5, 0.6) is 5.75 Å². The van der Waals surface area contributed by atoms with E-state index in [1.807, 2.05) is 0 Å². The normalized spacial score (nSPS) is 18.2. The second-order valence-corrected chi connectivity index (χ2v) is 5.79. The van der Waals surface area contributed by atoms with Crippen molar-refractivity contribution in [2.75, 3.05) is 47.0 Å². The van der Waals surface area contributed by atoms with Crippen LogP contribution >= 0.6 is 0 Å². The number of nitrogens with zero attached hydrogens (tertiary/aromatic N) is 1. The molecule has 0 radical (unpaired) electrons. The fraction of sp³-hybridized carbons (Fsp3) is 0.647. The number of rotatable bonds is 7. The first-order chi connectivity index (χ1) is 10.2. The number of para-hydroxylation sites is 1. The number of nitrogens with one attached hydrogen (secondary N) is 1. The Kier molecular flexibility index (Phi) is 6.49. The van der Waals surface area contributed by atoms with E-state index >= 15 is 0 Å². The molecule has 1 aliphatic heterocycles. The van der Waals surface area contributed by atoms with Gasteiger partial charge in [0.25, 0.3) is 0 Å². The van der Waals surface area contributed by atoms with E-state index in [4.69, 9.17) is 9.47 Å². The quantitative estimate of drug-likeness (QED) is 0.836. The van der Waals surface area contributed by atoms with Gasteiger partial charge in [-0.2, -0.15) is 0 Å². The van der Waals surface area contributed by atoms with E-state index in [2.05, 4.69) is 42.4 Å². The molecule has 21 heavy (non-hydrogen) atoms. The maximum atomic E-state index is 5.92. The number of hydrogen-bond acceptors (Lipinski definition) is 4. The van der Waals surface area contributed by atoms with E-state index in [0.29, 0.717) is 6.04 Å². The first-order valence-electron chi connectivity index (χ1n) is 7.85. The summed E-state index contributed by atoms with van der Waals surface area (Å²) in [4.78, 5) is 2.29. The van der Waals surface area contributed by atoms with Gasteiger partial charge in [0.05, 0.1) is 13.2 Å². The van der Waals surface area contributed by atoms with Crippen molar-refractivity contribution in [3.8, 4) is 5.75 Å². The summed E-state index contributed by atoms with van der Waals surface area (Å²) in [6.45, 7) is 6.72. The molecule has 1 heterocycles. The molecule has 1 N–H and O–H groups in total. The molecule has 1 aromatic carbocycles. The zero-order valence-electron chi connectivity index (χ0n) is 13.5. The van der Waals surface area contributed by atoms with Crippen LogP contribution in [0.3, 0.4) is 0 Å². The Morgan fingerprint density at radius 2 is 2.24 bits per heavy atom. The predicted molar refractivity (Wildman–Crippen MR) is 86.0 cm³/mol. The lowest BCUT2D eigenvalue weighted by atomic mass is 10.00. The van der Waals surface area contributed by atoms with Crippen LogP contribution in [0.25, 0.3) is 0 Å². The summed E-state index contributed by atoms with van der Waals surface area (Å²) in [6.07, 6.45) is 2.24. The third kappa shape index (κ3) is 4.70. The van der Waals surface area contributed by atoms with Crippen LogP contribution in [0.2, 0.25) is 0 Å². The highest BCUT2D eigenvalue weighted by molar-refractivity contribution is 5.43. The van der Waals surface area contributed by atoms with Crippen molar-refractivity contribution in [2.45, 2.75) is 25.8 Å². The second-order valence-electron chi connectivity index (χ2n) is 5.79. The summed E-state index contributed by atoms with van der Waals surface area (Å²) in [7, 11) is 3.88. The van der Waals surface area contributed by atoms with Crippen molar-refractivity contribution >= 4 is 0 Å². The Labute approximate surface area is 128 Å². The minimum atomic E-state index is 0.401. The summed E-state index contributed by atoms with van der Waals surface area (Å²) >= 11 is 0. The van der Waals surface area contributed by atoms with E-state index in [-0.39, 0.29) is 0 Å². The number of methoxy groups -OCH3 is 1. The minimum Gasteiger partial charge on any atom is -0.493 e. The number of fused-ring (bicyclic) bond motifs is 1. The molecule has 1 aliphatic rings. The van der Waals surface area contributed by atoms with Gasteiger partial charge < -0.3 is 19.7 Å². The average Bonchev–Trinajstić information content (AvgIpc) is 2.69. The largest absolute Gasteiger partial charge is 0.493 e. The summed E-state index contributed by atoms with van der Waals surface area (Å²) in [5, 5.41) is 3.69. The second kappa shape index (κ2) is 8.37. The van der Waals surface area contributed by atoms with Gasteiger partial charge in [-0.25, -0.2) is 0 Å². The fourth-order valence-electron chi connectivity index (χ4n) is 2.76. The molecular weight excluding hydrogens is 264 g/mol. The van der Waals surface area contributed by atoms with E-state index in [1.54, 1.807) is 7.11 Å². The first-order valence-corrected chi connectivity index (χ1v) is 7.85. The number of benzene rings is 1. The number of ether oxygens (including phenoxy) is 2. The molecule has 0 spiro atoms. The van der Waals surface area contributed by atoms with Crippen LogP contribution in [0.4, 0.5) is 0 Å². The van der Waals surface area contributed by atoms with Crippen LogP contribution in [0.1, 0.15) is 30.0 Å². The zero-order chi connectivity index (χ0) is 15.1. The molecule has 2 rings (SSSR count). The molecule has 1 unspecified atom stereocenters. The van der Waals surface area contributed by atoms with Gasteiger partial charge in [-0.05, 0) is 32.4 Å². The first kappa shape index (κ1) is 16.3. The standard InChI is InChI=1S/C17H28N2O2/c1-14-6-4-7-15-16(8-5-12-21-17(14)15)18-9-10-19(2)11-13-20-3/h4,6-7,16,18H,5,8-13H2,1-3H3. The summed E-state index contributed by atoms with van der Waals surface area (Å²) < 4.78 is 11.0. The summed E-state index contributed by atoms with van der Waals surface area (Å²) in [5.41, 5.74) is 2.55. The Hall–Kier alpha value is -1.10. The lowest BCUT2D eigenvalue weighted by molar-refractivity contribution is 0.161. The Balaban J connectivity index is 1.90. The topological polar surface area (TPSA) is 33.7 Å². The molecule has 1 atom stereocenters. The third-order valence-electron chi connectivity index (χ3n) is 4.06. The number of hydrogen-bond donors (Lipinski definition) is 1. The lowest BCUT2D eigenvalue weighted by Gasteiger charge is -2.22. The fourth-order valence-corrected chi connectivity index (χ4v) is 2.76. The molecule has 0 bridgehead atoms. The molecular formula is C17H28N2O2. The SMILES string of the molecule is COCCN(C)CCNC1CCCOc2c(C)cccc21. The highest BCUT2D eigenvalue weighted by atomic mass is 16.5. The van der Waals surface area contributed by atoms with Crippen molar-refractivity contribution in [3.63, 3.8) is 0 Å². The van der Waals surface area contributed by atoms with E-state index in [0.717, 1.165) is 51.4 Å². The van der Waals surface area contributed by atoms with Crippen LogP contribution in [0, 0.1) is 6.92 Å². The van der Waals surface area contributed by atoms with Crippen LogP contribution < -0.4 is 10.1 Å². The van der Waals surface area contributed by atoms with Gasteiger partial charge in [-0.3, -0.25) is 0 Å². The van der Waals surface area contributed by atoms with Crippen molar-refractivity contribution in [3.05, 3.63) is 29.3 Å². The Bertz CT molecular complexity index is 437. The minimum absolute atomic E-state index is 0.401. The maximum absolute atomic E-state index is 5.92. The molecule has 118 valence electrons. The van der Waals surface area contributed by atoms with Crippen molar-refractivity contribution < 1.29 is 9.47 Å². The molecule has 4 nitrogen and oxygen atoms in total. The molecule has 0 fully saturated rings. The number of aryl methyl sites for hydroxylation is 1. The van der Waals surface area contributed by atoms with E-state index in [9.17, 15) is 0 Å². The van der Waals surface area contributed by atoms with Gasteiger partial charge in [0, 0.05) is 38.3 Å². The zero-order valence-corrected chi connectivity index (χ0v) is 13.5. The molecule has 1 aromatic rings. The van der Waals surface area contributed by atoms with Gasteiger partial charge >= 0.3 is 0 Å². The Morgan fingerprint density at radius 1 is 1.38 bits per heavy atom. The highest BCUT2D eigenvalue weighted by Gasteiger charge is 2.20. The van der Waals surface area contributed by atoms with Gasteiger partial charge in [-0.1, -0.05) is 18.2 Å². The molecule has 0 aliphatic carbocycles. The highest BCUT2D eigenvalue weighted by Crippen LogP contribution is 2.33. The van der Waals surface area contributed by atoms with Crippen molar-refractivity contribution in [2.24, 2.45) is 0 Å². The molecule has 0 amide bonds. The summed E-state index contributed by atoms with van der Waals surface area (Å²) in [6, 6.07) is 6.85. The van der Waals surface area contributed by atoms with Crippen molar-refractivity contribution in [1.29, 1.82) is 0 Å². The predicted octanol–water partition coefficient (Wildman–Crippen LogP) is 2.38. The Morgan fingerprint density at radius 3 is 3.05 bits per heavy atom. The third-order valence-corrected chi connectivity index (χ3v) is 4.06. The van der Waals surface area contributed by atoms with Crippen molar-refractivity contribution in [1.82, 2.24) is 10.2 Å². The monoisotopic (exact) mass is 292 g/mol. The van der Waals surface area contributed by atoms with E-state index in [1.165, 1.54) is 11.1 Å². The van der Waals surface area contributed by atoms with Gasteiger partial charge in [0.1, 0.15) is 5.75 Å². The van der Waals surface area contributed by atoms with Gasteiger partial charge in [-0.15, -0.1) is 0 Å². The summed E-state index contributed by atoms with van der Waals surface area (Å²) in [5.74, 6) is 1.08. The molecule has 4 heteroatoms. The molecule has 0 saturated heterocycles. The smallest absolute Gasteiger partial charge is 0.126 e. The molecule has 0 aromatic heterocycles. The van der Waals surface area contributed by atoms with Gasteiger partial charge in [0.15, 0.2) is 0 Å².